The summed E-state index contributed by atoms with van der Waals surface area (Å²) in [6, 6.07) is 0. The zero-order chi connectivity index (χ0) is 11.7. The molecule has 0 bridgehead atoms. The molecule has 0 heterocycles. The summed E-state index contributed by atoms with van der Waals surface area (Å²) in [5.74, 6) is 0.152. The van der Waals surface area contributed by atoms with Gasteiger partial charge in [0.2, 0.25) is 0 Å². The first-order chi connectivity index (χ1) is 7.13. The molecule has 0 rings (SSSR count). The van der Waals surface area contributed by atoms with E-state index in [-0.39, 0.29) is 5.78 Å². The Balaban J connectivity index is 4.35. The minimum Gasteiger partial charge on any atom is -0.289 e. The van der Waals surface area contributed by atoms with Crippen molar-refractivity contribution in [3.8, 4) is 0 Å². The van der Waals surface area contributed by atoms with Crippen LogP contribution in [0.25, 0.3) is 0 Å². The van der Waals surface area contributed by atoms with E-state index in [1.807, 2.05) is 0 Å². The third kappa shape index (κ3) is 6.27. The van der Waals surface area contributed by atoms with Crippen molar-refractivity contribution in [1.29, 1.82) is 0 Å². The van der Waals surface area contributed by atoms with Crippen LogP contribution in [-0.2, 0) is 4.79 Å². The molecule has 0 unspecified atom stereocenters. The second-order valence-corrected chi connectivity index (χ2v) is 4.08. The van der Waals surface area contributed by atoms with E-state index in [4.69, 9.17) is 0 Å². The molecule has 0 saturated carbocycles. The number of carbonyl (C=O) groups excluding carboxylic acids is 1. The highest BCUT2D eigenvalue weighted by Crippen LogP contribution is 2.14. The Morgan fingerprint density at radius 3 is 2.27 bits per heavy atom. The fourth-order valence-electron chi connectivity index (χ4n) is 1.43. The highest BCUT2D eigenvalue weighted by atomic mass is 16.1. The van der Waals surface area contributed by atoms with Gasteiger partial charge in [-0.15, -0.1) is 0 Å². The fraction of sp³-hybridized carbons (Fsp3) is 0.643. The molecule has 0 aliphatic rings. The smallest absolute Gasteiger partial charge is 0.183 e. The molecule has 0 aromatic carbocycles. The topological polar surface area (TPSA) is 17.1 Å². The van der Waals surface area contributed by atoms with Crippen LogP contribution in [0.4, 0.5) is 0 Å². The maximum absolute atomic E-state index is 11.8. The van der Waals surface area contributed by atoms with Crippen LogP contribution in [0, 0.1) is 0 Å². The highest BCUT2D eigenvalue weighted by Gasteiger charge is 2.08. The van der Waals surface area contributed by atoms with Crippen molar-refractivity contribution in [2.45, 2.75) is 59.3 Å². The fourth-order valence-corrected chi connectivity index (χ4v) is 1.43. The summed E-state index contributed by atoms with van der Waals surface area (Å²) < 4.78 is 0. The predicted molar refractivity (Wildman–Crippen MR) is 67.0 cm³/mol. The number of rotatable bonds is 8. The quantitative estimate of drug-likeness (QED) is 0.426. The van der Waals surface area contributed by atoms with E-state index in [9.17, 15) is 4.79 Å². The SMILES string of the molecule is C=C(C)C(=O)/C(=C/CCCC)CCCC. The van der Waals surface area contributed by atoms with Crippen molar-refractivity contribution in [3.63, 3.8) is 0 Å². The molecule has 0 radical (unpaired) electrons. The van der Waals surface area contributed by atoms with E-state index in [1.54, 1.807) is 6.92 Å². The molecular weight excluding hydrogens is 184 g/mol. The van der Waals surface area contributed by atoms with Crippen molar-refractivity contribution in [3.05, 3.63) is 23.8 Å². The van der Waals surface area contributed by atoms with Gasteiger partial charge in [-0.2, -0.15) is 0 Å². The van der Waals surface area contributed by atoms with Gasteiger partial charge in [0.05, 0.1) is 0 Å². The van der Waals surface area contributed by atoms with E-state index >= 15 is 0 Å². The Morgan fingerprint density at radius 2 is 1.80 bits per heavy atom. The summed E-state index contributed by atoms with van der Waals surface area (Å²) in [5, 5.41) is 0. The first kappa shape index (κ1) is 14.2. The summed E-state index contributed by atoms with van der Waals surface area (Å²) in [6.45, 7) is 9.83. The van der Waals surface area contributed by atoms with Crippen molar-refractivity contribution < 1.29 is 4.79 Å². The van der Waals surface area contributed by atoms with Crippen LogP contribution in [0.5, 0.6) is 0 Å². The molecule has 0 N–H and O–H groups in total. The lowest BCUT2D eigenvalue weighted by Gasteiger charge is -2.05. The molecule has 0 aromatic rings. The average Bonchev–Trinajstić information content (AvgIpc) is 2.22. The van der Waals surface area contributed by atoms with Gasteiger partial charge in [0, 0.05) is 0 Å². The summed E-state index contributed by atoms with van der Waals surface area (Å²) >= 11 is 0. The molecule has 0 aromatic heterocycles. The standard InChI is InChI=1S/C14H24O/c1-5-7-9-11-13(10-8-6-2)14(15)12(3)4/h11H,3,5-10H2,1-2,4H3/b13-11+. The molecule has 0 spiro atoms. The van der Waals surface area contributed by atoms with Crippen molar-refractivity contribution >= 4 is 5.78 Å². The van der Waals surface area contributed by atoms with Gasteiger partial charge >= 0.3 is 0 Å². The highest BCUT2D eigenvalue weighted by molar-refractivity contribution is 6.07. The molecular formula is C14H24O. The van der Waals surface area contributed by atoms with Crippen molar-refractivity contribution in [2.24, 2.45) is 0 Å². The van der Waals surface area contributed by atoms with Gasteiger partial charge in [-0.25, -0.2) is 0 Å². The summed E-state index contributed by atoms with van der Waals surface area (Å²) in [5.41, 5.74) is 1.63. The monoisotopic (exact) mass is 208 g/mol. The van der Waals surface area contributed by atoms with E-state index in [0.717, 1.165) is 31.3 Å². The van der Waals surface area contributed by atoms with Crippen LogP contribution in [0.2, 0.25) is 0 Å². The number of unbranched alkanes of at least 4 members (excludes halogenated alkanes) is 3. The maximum atomic E-state index is 11.8. The maximum Gasteiger partial charge on any atom is 0.183 e. The predicted octanol–water partition coefficient (Wildman–Crippen LogP) is 4.44. The van der Waals surface area contributed by atoms with Gasteiger partial charge in [-0.1, -0.05) is 45.8 Å². The Bertz CT molecular complexity index is 236. The first-order valence-electron chi connectivity index (χ1n) is 6.02. The lowest BCUT2D eigenvalue weighted by atomic mass is 9.99. The number of ketones is 1. The number of hydrogen-bond acceptors (Lipinski definition) is 1. The van der Waals surface area contributed by atoms with Gasteiger partial charge in [0.15, 0.2) is 5.78 Å². The van der Waals surface area contributed by atoms with Crippen molar-refractivity contribution in [2.75, 3.05) is 0 Å². The second kappa shape index (κ2) is 8.46. The minimum atomic E-state index is 0.152. The summed E-state index contributed by atoms with van der Waals surface area (Å²) in [4.78, 5) is 11.8. The van der Waals surface area contributed by atoms with Gasteiger partial charge < -0.3 is 0 Å². The molecule has 1 heteroatoms. The van der Waals surface area contributed by atoms with Crippen LogP contribution in [-0.4, -0.2) is 5.78 Å². The normalized spacial score (nSPS) is 11.5. The average molecular weight is 208 g/mol. The van der Waals surface area contributed by atoms with Crippen LogP contribution in [0.3, 0.4) is 0 Å². The molecule has 15 heavy (non-hydrogen) atoms. The van der Waals surface area contributed by atoms with E-state index in [2.05, 4.69) is 26.5 Å². The zero-order valence-corrected chi connectivity index (χ0v) is 10.4. The number of carbonyl (C=O) groups is 1. The third-order valence-corrected chi connectivity index (χ3v) is 2.43. The molecule has 0 atom stereocenters. The van der Waals surface area contributed by atoms with Gasteiger partial charge in [-0.05, 0) is 37.3 Å². The number of allylic oxidation sites excluding steroid dienone is 3. The molecule has 0 fully saturated rings. The zero-order valence-electron chi connectivity index (χ0n) is 10.4. The lowest BCUT2D eigenvalue weighted by Crippen LogP contribution is -2.03. The molecule has 86 valence electrons. The Labute approximate surface area is 94.3 Å². The number of Topliss-reactive ketones (excluding diaryl/α,β-unsaturated/α-hetero) is 1. The molecule has 0 aliphatic carbocycles. The van der Waals surface area contributed by atoms with Crippen LogP contribution in [0.15, 0.2) is 23.8 Å². The van der Waals surface area contributed by atoms with Crippen LogP contribution < -0.4 is 0 Å². The van der Waals surface area contributed by atoms with E-state index in [1.165, 1.54) is 12.8 Å². The molecule has 0 saturated heterocycles. The second-order valence-electron chi connectivity index (χ2n) is 4.08. The van der Waals surface area contributed by atoms with Crippen LogP contribution in [0.1, 0.15) is 59.3 Å². The molecule has 0 aliphatic heterocycles. The molecule has 1 nitrogen and oxygen atoms in total. The van der Waals surface area contributed by atoms with Crippen LogP contribution >= 0.6 is 0 Å². The van der Waals surface area contributed by atoms with Crippen molar-refractivity contribution in [1.82, 2.24) is 0 Å². The van der Waals surface area contributed by atoms with Gasteiger partial charge in [0.25, 0.3) is 0 Å². The van der Waals surface area contributed by atoms with E-state index in [0.29, 0.717) is 5.57 Å². The summed E-state index contributed by atoms with van der Waals surface area (Å²) in [7, 11) is 0. The Morgan fingerprint density at radius 1 is 1.20 bits per heavy atom. The van der Waals surface area contributed by atoms with Gasteiger partial charge in [-0.3, -0.25) is 4.79 Å². The number of hydrogen-bond donors (Lipinski definition) is 0. The Kier molecular flexibility index (Phi) is 7.98. The Hall–Kier alpha value is -0.850. The molecule has 0 amide bonds. The van der Waals surface area contributed by atoms with Gasteiger partial charge in [0.1, 0.15) is 0 Å². The summed E-state index contributed by atoms with van der Waals surface area (Å²) in [6.07, 6.45) is 8.61. The van der Waals surface area contributed by atoms with E-state index < -0.39 is 0 Å². The first-order valence-corrected chi connectivity index (χ1v) is 6.02. The largest absolute Gasteiger partial charge is 0.289 e. The minimum absolute atomic E-state index is 0.152. The lowest BCUT2D eigenvalue weighted by molar-refractivity contribution is -0.112. The third-order valence-electron chi connectivity index (χ3n) is 2.43.